The van der Waals surface area contributed by atoms with Crippen molar-refractivity contribution < 1.29 is 8.78 Å². The first kappa shape index (κ1) is 19.5. The second-order valence-corrected chi connectivity index (χ2v) is 6.99. The van der Waals surface area contributed by atoms with Crippen LogP contribution in [0, 0.1) is 17.6 Å². The quantitative estimate of drug-likeness (QED) is 0.614. The van der Waals surface area contributed by atoms with Crippen molar-refractivity contribution in [3.05, 3.63) is 77.0 Å². The number of hydrogen-bond donors (Lipinski definition) is 4. The molecule has 0 saturated carbocycles. The van der Waals surface area contributed by atoms with Gasteiger partial charge in [0.15, 0.2) is 0 Å². The fraction of sp³-hybridized carbons (Fsp3) is 0.333. The highest BCUT2D eigenvalue weighted by Gasteiger charge is 2.37. The van der Waals surface area contributed by atoms with Crippen LogP contribution in [0.4, 0.5) is 8.78 Å². The van der Waals surface area contributed by atoms with E-state index in [1.165, 1.54) is 18.3 Å². The normalized spacial score (nSPS) is 28.7. The topological polar surface area (TPSA) is 62.1 Å². The van der Waals surface area contributed by atoms with E-state index >= 15 is 0 Å². The van der Waals surface area contributed by atoms with Crippen LogP contribution in [-0.2, 0) is 0 Å². The summed E-state index contributed by atoms with van der Waals surface area (Å²) >= 11 is 0. The molecule has 1 fully saturated rings. The van der Waals surface area contributed by atoms with Gasteiger partial charge in [0.05, 0.1) is 12.3 Å². The minimum absolute atomic E-state index is 0.00526. The summed E-state index contributed by atoms with van der Waals surface area (Å²) in [6, 6.07) is 3.81. The summed E-state index contributed by atoms with van der Waals surface area (Å²) in [6.45, 7) is 3.99. The Bertz CT molecular complexity index is 825. The second kappa shape index (κ2) is 8.17. The largest absolute Gasteiger partial charge is 0.405 e. The van der Waals surface area contributed by atoms with E-state index < -0.39 is 11.6 Å². The first-order valence-electron chi connectivity index (χ1n) is 9.05. The average molecular weight is 372 g/mol. The van der Waals surface area contributed by atoms with Gasteiger partial charge in [-0.3, -0.25) is 10.6 Å². The number of halogens is 2. The average Bonchev–Trinajstić information content (AvgIpc) is 2.65. The first-order valence-corrected chi connectivity index (χ1v) is 9.05. The van der Waals surface area contributed by atoms with Crippen molar-refractivity contribution in [2.75, 3.05) is 7.05 Å². The summed E-state index contributed by atoms with van der Waals surface area (Å²) in [5, 5.41) is 10.4. The summed E-state index contributed by atoms with van der Waals surface area (Å²) in [4.78, 5) is 0. The number of hydrogen-bond acceptors (Lipinski definition) is 4. The molecule has 6 heteroatoms. The van der Waals surface area contributed by atoms with E-state index in [4.69, 9.17) is 5.73 Å². The van der Waals surface area contributed by atoms with E-state index in [1.54, 1.807) is 6.08 Å². The lowest BCUT2D eigenvalue weighted by molar-refractivity contribution is 0.212. The molecular formula is C21H26F2N4. The van der Waals surface area contributed by atoms with Crippen LogP contribution in [0.25, 0.3) is 5.57 Å². The van der Waals surface area contributed by atoms with Crippen molar-refractivity contribution in [3.63, 3.8) is 0 Å². The number of benzene rings is 1. The summed E-state index contributed by atoms with van der Waals surface area (Å²) < 4.78 is 27.6. The summed E-state index contributed by atoms with van der Waals surface area (Å²) in [5.41, 5.74) is 8.73. The molecule has 3 rings (SSSR count). The van der Waals surface area contributed by atoms with E-state index in [0.717, 1.165) is 22.8 Å². The molecule has 4 nitrogen and oxygen atoms in total. The molecule has 1 aromatic carbocycles. The molecule has 1 aromatic rings. The number of nitrogens with two attached hydrogens (primary N) is 1. The van der Waals surface area contributed by atoms with Gasteiger partial charge in [0.2, 0.25) is 0 Å². The maximum atomic E-state index is 14.3. The molecule has 4 atom stereocenters. The van der Waals surface area contributed by atoms with Gasteiger partial charge < -0.3 is 11.1 Å². The minimum atomic E-state index is -0.571. The molecule has 0 spiro atoms. The number of rotatable bonds is 4. The monoisotopic (exact) mass is 372 g/mol. The van der Waals surface area contributed by atoms with Crippen molar-refractivity contribution in [3.8, 4) is 0 Å². The number of allylic oxidation sites excluding steroid dienone is 4. The van der Waals surface area contributed by atoms with Gasteiger partial charge in [0.25, 0.3) is 0 Å². The van der Waals surface area contributed by atoms with Gasteiger partial charge in [-0.15, -0.1) is 0 Å². The van der Waals surface area contributed by atoms with Crippen molar-refractivity contribution in [1.82, 2.24) is 16.0 Å². The molecule has 5 N–H and O–H groups in total. The fourth-order valence-corrected chi connectivity index (χ4v) is 3.74. The molecule has 1 saturated heterocycles. The molecule has 1 heterocycles. The Hall–Kier alpha value is -2.28. The molecule has 144 valence electrons. The third kappa shape index (κ3) is 4.03. The second-order valence-electron chi connectivity index (χ2n) is 6.99. The van der Waals surface area contributed by atoms with Crippen molar-refractivity contribution >= 4 is 5.57 Å². The lowest BCUT2D eigenvalue weighted by Crippen LogP contribution is -2.66. The predicted molar refractivity (Wildman–Crippen MR) is 105 cm³/mol. The molecule has 2 aliphatic rings. The number of nitrogens with one attached hydrogen (secondary N) is 3. The van der Waals surface area contributed by atoms with E-state index in [9.17, 15) is 8.78 Å². The van der Waals surface area contributed by atoms with Crippen LogP contribution in [0.3, 0.4) is 0 Å². The van der Waals surface area contributed by atoms with Crippen LogP contribution < -0.4 is 21.7 Å². The molecule has 27 heavy (non-hydrogen) atoms. The smallest absolute Gasteiger partial charge is 0.133 e. The molecule has 0 amide bonds. The summed E-state index contributed by atoms with van der Waals surface area (Å²) in [6.07, 6.45) is 9.43. The highest BCUT2D eigenvalue weighted by atomic mass is 19.1. The van der Waals surface area contributed by atoms with Crippen molar-refractivity contribution in [2.24, 2.45) is 11.7 Å². The Labute approximate surface area is 158 Å². The Kier molecular flexibility index (Phi) is 5.89. The Balaban J connectivity index is 1.92. The SMILES string of the molecule is CNC1NC(/C(C)=C/C=C\N)NC2C=C(C)C(c3ccc(F)cc3F)=CC21. The maximum absolute atomic E-state index is 14.3. The van der Waals surface area contributed by atoms with Gasteiger partial charge >= 0.3 is 0 Å². The van der Waals surface area contributed by atoms with Gasteiger partial charge in [-0.2, -0.15) is 0 Å². The molecule has 0 radical (unpaired) electrons. The van der Waals surface area contributed by atoms with Crippen LogP contribution in [0.1, 0.15) is 19.4 Å². The maximum Gasteiger partial charge on any atom is 0.133 e. The molecular weight excluding hydrogens is 346 g/mol. The zero-order valence-electron chi connectivity index (χ0n) is 15.8. The Morgan fingerprint density at radius 3 is 2.67 bits per heavy atom. The Morgan fingerprint density at radius 2 is 2.00 bits per heavy atom. The van der Waals surface area contributed by atoms with E-state index in [2.05, 4.69) is 28.1 Å². The third-order valence-electron chi connectivity index (χ3n) is 5.18. The lowest BCUT2D eigenvalue weighted by Gasteiger charge is -2.44. The van der Waals surface area contributed by atoms with Crippen LogP contribution in [0.5, 0.6) is 0 Å². The standard InChI is InChI=1S/C21H26F2N4/c1-12(5-4-8-24)20-26-19-9-13(2)16(11-17(19)21(25-3)27-20)15-7-6-14(22)10-18(15)23/h4-11,17,19-21,25-27H,24H2,1-3H3/b8-4-,12-5+. The molecule has 1 aliphatic carbocycles. The van der Waals surface area contributed by atoms with E-state index in [1.807, 2.05) is 27.0 Å². The fourth-order valence-electron chi connectivity index (χ4n) is 3.74. The van der Waals surface area contributed by atoms with E-state index in [0.29, 0.717) is 5.56 Å². The Morgan fingerprint density at radius 1 is 1.22 bits per heavy atom. The van der Waals surface area contributed by atoms with E-state index in [-0.39, 0.29) is 24.3 Å². The van der Waals surface area contributed by atoms with Crippen LogP contribution in [0.2, 0.25) is 0 Å². The summed E-state index contributed by atoms with van der Waals surface area (Å²) in [5.74, 6) is -1.04. The van der Waals surface area contributed by atoms with Gasteiger partial charge in [0, 0.05) is 23.6 Å². The molecule has 0 aromatic heterocycles. The van der Waals surface area contributed by atoms with Gasteiger partial charge in [0.1, 0.15) is 11.6 Å². The zero-order valence-corrected chi connectivity index (χ0v) is 15.8. The molecule has 0 bridgehead atoms. The highest BCUT2D eigenvalue weighted by Crippen LogP contribution is 2.35. The third-order valence-corrected chi connectivity index (χ3v) is 5.18. The minimum Gasteiger partial charge on any atom is -0.405 e. The molecule has 4 unspecified atom stereocenters. The van der Waals surface area contributed by atoms with Gasteiger partial charge in [-0.25, -0.2) is 8.78 Å². The highest BCUT2D eigenvalue weighted by molar-refractivity contribution is 5.80. The van der Waals surface area contributed by atoms with Crippen LogP contribution in [-0.4, -0.2) is 25.4 Å². The van der Waals surface area contributed by atoms with Gasteiger partial charge in [-0.05, 0) is 62.0 Å². The molecule has 1 aliphatic heterocycles. The van der Waals surface area contributed by atoms with Crippen molar-refractivity contribution in [2.45, 2.75) is 32.2 Å². The van der Waals surface area contributed by atoms with Crippen LogP contribution >= 0.6 is 0 Å². The zero-order chi connectivity index (χ0) is 19.6. The summed E-state index contributed by atoms with van der Waals surface area (Å²) in [7, 11) is 1.90. The van der Waals surface area contributed by atoms with Crippen LogP contribution in [0.15, 0.2) is 59.8 Å². The lowest BCUT2D eigenvalue weighted by atomic mass is 9.81. The predicted octanol–water partition coefficient (Wildman–Crippen LogP) is 2.78. The van der Waals surface area contributed by atoms with Gasteiger partial charge in [-0.1, -0.05) is 18.2 Å². The van der Waals surface area contributed by atoms with Crippen molar-refractivity contribution in [1.29, 1.82) is 0 Å². The number of fused-ring (bicyclic) bond motifs is 1. The first-order chi connectivity index (χ1) is 12.9.